The van der Waals surface area contributed by atoms with E-state index in [1.807, 2.05) is 48.7 Å². The van der Waals surface area contributed by atoms with Crippen LogP contribution in [0, 0.1) is 6.92 Å². The lowest BCUT2D eigenvalue weighted by molar-refractivity contribution is -0.136. The average Bonchev–Trinajstić information content (AvgIpc) is 3.52. The molecule has 0 bridgehead atoms. The van der Waals surface area contributed by atoms with Crippen molar-refractivity contribution in [3.8, 4) is 11.5 Å². The topological polar surface area (TPSA) is 77.4 Å². The minimum absolute atomic E-state index is 0.355. The molecule has 0 saturated carbocycles. The molecule has 4 rings (SSSR count). The van der Waals surface area contributed by atoms with Gasteiger partial charge in [0.1, 0.15) is 0 Å². The molecule has 2 heterocycles. The van der Waals surface area contributed by atoms with Crippen molar-refractivity contribution >= 4 is 28.9 Å². The summed E-state index contributed by atoms with van der Waals surface area (Å²) in [5, 5.41) is 7.98. The second-order valence-electron chi connectivity index (χ2n) is 7.49. The number of hydrogen-bond acceptors (Lipinski definition) is 7. The van der Waals surface area contributed by atoms with Crippen LogP contribution in [0.15, 0.2) is 65.1 Å². The molecule has 8 heteroatoms. The molecular formula is C25H24N2O5S. The van der Waals surface area contributed by atoms with Crippen molar-refractivity contribution in [1.29, 1.82) is 0 Å². The number of nitrogens with zero attached hydrogens (tertiary/aromatic N) is 2. The van der Waals surface area contributed by atoms with E-state index in [9.17, 15) is 9.59 Å². The molecule has 1 aliphatic rings. The van der Waals surface area contributed by atoms with E-state index in [0.717, 1.165) is 21.7 Å². The maximum Gasteiger partial charge on any atom is 0.338 e. The summed E-state index contributed by atoms with van der Waals surface area (Å²) in [6, 6.07) is 16.2. The Morgan fingerprint density at radius 3 is 2.55 bits per heavy atom. The summed E-state index contributed by atoms with van der Waals surface area (Å²) in [5.41, 5.74) is 2.88. The molecule has 7 nitrogen and oxygen atoms in total. The molecule has 170 valence electrons. The molecule has 33 heavy (non-hydrogen) atoms. The van der Waals surface area contributed by atoms with E-state index in [1.54, 1.807) is 43.8 Å². The van der Waals surface area contributed by atoms with Gasteiger partial charge in [0.15, 0.2) is 18.1 Å². The maximum atomic E-state index is 13.1. The highest BCUT2D eigenvalue weighted by atomic mass is 32.1. The number of hydrazone groups is 1. The van der Waals surface area contributed by atoms with Crippen LogP contribution in [0.1, 0.15) is 38.8 Å². The molecule has 0 radical (unpaired) electrons. The van der Waals surface area contributed by atoms with Gasteiger partial charge in [-0.25, -0.2) is 9.80 Å². The third-order valence-corrected chi connectivity index (χ3v) is 6.37. The summed E-state index contributed by atoms with van der Waals surface area (Å²) < 4.78 is 16.1. The summed E-state index contributed by atoms with van der Waals surface area (Å²) in [6.07, 6.45) is 0.535. The van der Waals surface area contributed by atoms with E-state index in [-0.39, 0.29) is 6.04 Å². The van der Waals surface area contributed by atoms with Crippen molar-refractivity contribution in [3.63, 3.8) is 0 Å². The predicted octanol–water partition coefficient (Wildman–Crippen LogP) is 4.61. The number of hydrogen-bond donors (Lipinski definition) is 0. The van der Waals surface area contributed by atoms with Gasteiger partial charge in [0.25, 0.3) is 5.91 Å². The van der Waals surface area contributed by atoms with Gasteiger partial charge in [-0.1, -0.05) is 30.3 Å². The van der Waals surface area contributed by atoms with Gasteiger partial charge in [-0.05, 0) is 47.7 Å². The van der Waals surface area contributed by atoms with Crippen molar-refractivity contribution in [2.45, 2.75) is 19.4 Å². The zero-order valence-corrected chi connectivity index (χ0v) is 19.4. The number of amides is 1. The molecule has 1 aromatic heterocycles. The lowest BCUT2D eigenvalue weighted by atomic mass is 10.0. The third kappa shape index (κ3) is 4.75. The molecule has 1 amide bonds. The zero-order chi connectivity index (χ0) is 23.4. The van der Waals surface area contributed by atoms with E-state index in [1.165, 1.54) is 5.01 Å². The van der Waals surface area contributed by atoms with Crippen LogP contribution < -0.4 is 9.47 Å². The van der Waals surface area contributed by atoms with E-state index in [2.05, 4.69) is 5.10 Å². The fourth-order valence-electron chi connectivity index (χ4n) is 3.72. The van der Waals surface area contributed by atoms with Crippen LogP contribution in [-0.2, 0) is 9.53 Å². The van der Waals surface area contributed by atoms with Gasteiger partial charge in [-0.15, -0.1) is 11.3 Å². The van der Waals surface area contributed by atoms with Crippen LogP contribution in [0.2, 0.25) is 0 Å². The number of esters is 1. The number of thiophene rings is 1. The Labute approximate surface area is 196 Å². The minimum atomic E-state index is -0.536. The fourth-order valence-corrected chi connectivity index (χ4v) is 4.45. The second kappa shape index (κ2) is 9.87. The van der Waals surface area contributed by atoms with E-state index < -0.39 is 18.5 Å². The first-order chi connectivity index (χ1) is 16.0. The number of methoxy groups -OCH3 is 2. The van der Waals surface area contributed by atoms with Gasteiger partial charge in [0.05, 0.1) is 36.4 Å². The molecular weight excluding hydrogens is 440 g/mol. The zero-order valence-electron chi connectivity index (χ0n) is 18.6. The highest BCUT2D eigenvalue weighted by Crippen LogP contribution is 2.37. The Hall–Kier alpha value is -3.65. The first-order valence-electron chi connectivity index (χ1n) is 10.4. The Morgan fingerprint density at radius 2 is 1.85 bits per heavy atom. The summed E-state index contributed by atoms with van der Waals surface area (Å²) >= 11 is 1.56. The molecule has 0 fully saturated rings. The maximum absolute atomic E-state index is 13.1. The van der Waals surface area contributed by atoms with E-state index in [0.29, 0.717) is 23.5 Å². The predicted molar refractivity (Wildman–Crippen MR) is 126 cm³/mol. The van der Waals surface area contributed by atoms with Crippen molar-refractivity contribution in [1.82, 2.24) is 5.01 Å². The molecule has 3 aromatic rings. The Morgan fingerprint density at radius 1 is 1.06 bits per heavy atom. The standard InChI is InChI=1S/C25H24N2O5S/c1-16-7-4-5-8-18(16)25(29)32-15-24(28)27-20(14-19(26-27)23-9-6-12-33-23)17-10-11-21(30-2)22(13-17)31-3/h4-13,20H,14-15H2,1-3H3. The normalized spacial score (nSPS) is 15.2. The van der Waals surface area contributed by atoms with Crippen molar-refractivity contribution in [3.05, 3.63) is 81.5 Å². The Bertz CT molecular complexity index is 1190. The lowest BCUT2D eigenvalue weighted by Gasteiger charge is -2.23. The second-order valence-corrected chi connectivity index (χ2v) is 8.44. The molecule has 0 aliphatic carbocycles. The number of aryl methyl sites for hydroxylation is 1. The monoisotopic (exact) mass is 464 g/mol. The highest BCUT2D eigenvalue weighted by Gasteiger charge is 2.34. The van der Waals surface area contributed by atoms with Crippen molar-refractivity contribution in [2.24, 2.45) is 5.10 Å². The first kappa shape index (κ1) is 22.5. The molecule has 2 aromatic carbocycles. The van der Waals surface area contributed by atoms with Gasteiger partial charge < -0.3 is 14.2 Å². The van der Waals surface area contributed by atoms with Crippen molar-refractivity contribution < 1.29 is 23.8 Å². The first-order valence-corrected chi connectivity index (χ1v) is 11.3. The SMILES string of the molecule is COc1ccc(C2CC(c3cccs3)=NN2C(=O)COC(=O)c2ccccc2C)cc1OC. The van der Waals surface area contributed by atoms with Crippen LogP contribution in [0.4, 0.5) is 0 Å². The van der Waals surface area contributed by atoms with Gasteiger partial charge in [-0.3, -0.25) is 4.79 Å². The van der Waals surface area contributed by atoms with Gasteiger partial charge >= 0.3 is 5.97 Å². The van der Waals surface area contributed by atoms with Crippen molar-refractivity contribution in [2.75, 3.05) is 20.8 Å². The lowest BCUT2D eigenvalue weighted by Crippen LogP contribution is -2.31. The van der Waals surface area contributed by atoms with Gasteiger partial charge in [0, 0.05) is 6.42 Å². The molecule has 0 spiro atoms. The van der Waals surface area contributed by atoms with Gasteiger partial charge in [0.2, 0.25) is 0 Å². The fraction of sp³-hybridized carbons (Fsp3) is 0.240. The van der Waals surface area contributed by atoms with Crippen LogP contribution in [-0.4, -0.2) is 43.4 Å². The van der Waals surface area contributed by atoms with Crippen LogP contribution in [0.5, 0.6) is 11.5 Å². The van der Waals surface area contributed by atoms with Crippen LogP contribution in [0.25, 0.3) is 0 Å². The Balaban J connectivity index is 1.57. The Kier molecular flexibility index (Phi) is 6.74. The molecule has 1 unspecified atom stereocenters. The molecule has 1 atom stereocenters. The summed E-state index contributed by atoms with van der Waals surface area (Å²) in [4.78, 5) is 26.6. The largest absolute Gasteiger partial charge is 0.493 e. The quantitative estimate of drug-likeness (QED) is 0.477. The minimum Gasteiger partial charge on any atom is -0.493 e. The third-order valence-electron chi connectivity index (χ3n) is 5.46. The van der Waals surface area contributed by atoms with Gasteiger partial charge in [-0.2, -0.15) is 5.10 Å². The molecule has 0 N–H and O–H groups in total. The van der Waals surface area contributed by atoms with E-state index >= 15 is 0 Å². The number of rotatable bonds is 7. The smallest absolute Gasteiger partial charge is 0.338 e. The number of ether oxygens (including phenoxy) is 3. The number of carbonyl (C=O) groups excluding carboxylic acids is 2. The summed E-state index contributed by atoms with van der Waals surface area (Å²) in [5.74, 6) is 0.232. The van der Waals surface area contributed by atoms with Crippen LogP contribution >= 0.6 is 11.3 Å². The number of carbonyl (C=O) groups is 2. The summed E-state index contributed by atoms with van der Waals surface area (Å²) in [6.45, 7) is 1.42. The van der Waals surface area contributed by atoms with E-state index in [4.69, 9.17) is 14.2 Å². The summed E-state index contributed by atoms with van der Waals surface area (Å²) in [7, 11) is 3.14. The van der Waals surface area contributed by atoms with Crippen LogP contribution in [0.3, 0.4) is 0 Å². The molecule has 0 saturated heterocycles. The molecule has 1 aliphatic heterocycles. The average molecular weight is 465 g/mol. The number of benzene rings is 2. The highest BCUT2D eigenvalue weighted by molar-refractivity contribution is 7.12.